The number of nitrogens with one attached hydrogen (secondary N) is 1. The molecule has 0 atom stereocenters. The van der Waals surface area contributed by atoms with Crippen molar-refractivity contribution < 1.29 is 9.59 Å². The summed E-state index contributed by atoms with van der Waals surface area (Å²) in [5, 5.41) is 2.96. The van der Waals surface area contributed by atoms with Gasteiger partial charge in [0.2, 0.25) is 5.91 Å². The number of carbonyl (C=O) groups is 2. The third-order valence-corrected chi connectivity index (χ3v) is 2.80. The van der Waals surface area contributed by atoms with Gasteiger partial charge in [0, 0.05) is 12.3 Å². The molecule has 0 aliphatic heterocycles. The molecule has 0 bridgehead atoms. The third kappa shape index (κ3) is 2.44. The number of benzene rings is 1. The molecule has 0 unspecified atom stereocenters. The van der Waals surface area contributed by atoms with Crippen LogP contribution in [-0.2, 0) is 4.79 Å². The van der Waals surface area contributed by atoms with E-state index in [0.717, 1.165) is 0 Å². The zero-order chi connectivity index (χ0) is 13.3. The van der Waals surface area contributed by atoms with Gasteiger partial charge in [-0.3, -0.25) is 9.59 Å². The maximum atomic E-state index is 11.2. The molecule has 0 spiro atoms. The van der Waals surface area contributed by atoms with Crippen molar-refractivity contribution in [2.24, 2.45) is 0 Å². The lowest BCUT2D eigenvalue weighted by Gasteiger charge is -2.09. The summed E-state index contributed by atoms with van der Waals surface area (Å²) in [6.07, 6.45) is 0. The van der Waals surface area contributed by atoms with E-state index in [9.17, 15) is 9.59 Å². The summed E-state index contributed by atoms with van der Waals surface area (Å²) >= 11 is 11.4. The van der Waals surface area contributed by atoms with E-state index >= 15 is 0 Å². The average Bonchev–Trinajstić information content (AvgIpc) is 2.29. The lowest BCUT2D eigenvalue weighted by molar-refractivity contribution is -0.114. The zero-order valence-corrected chi connectivity index (χ0v) is 10.8. The number of hydrogen-bond donors (Lipinski definition) is 1. The van der Waals surface area contributed by atoms with Crippen LogP contribution in [-0.4, -0.2) is 16.1 Å². The molecule has 18 heavy (non-hydrogen) atoms. The largest absolute Gasteiger partial charge is 0.326 e. The van der Waals surface area contributed by atoms with Gasteiger partial charge >= 0.3 is 0 Å². The molecule has 1 N–H and O–H groups in total. The first-order valence-corrected chi connectivity index (χ1v) is 5.81. The van der Waals surface area contributed by atoms with E-state index in [4.69, 9.17) is 23.2 Å². The first-order valence-electron chi connectivity index (χ1n) is 5.05. The van der Waals surface area contributed by atoms with Crippen LogP contribution in [0.4, 0.5) is 5.69 Å². The van der Waals surface area contributed by atoms with Gasteiger partial charge in [0.15, 0.2) is 0 Å². The molecule has 92 valence electrons. The average molecular weight is 283 g/mol. The first-order chi connectivity index (χ1) is 8.49. The molecule has 0 aliphatic carbocycles. The topological polar surface area (TPSA) is 59.1 Å². The van der Waals surface area contributed by atoms with E-state index in [-0.39, 0.29) is 11.6 Å². The summed E-state index contributed by atoms with van der Waals surface area (Å²) < 4.78 is 0. The summed E-state index contributed by atoms with van der Waals surface area (Å²) in [6.45, 7) is 1.37. The van der Waals surface area contributed by atoms with Crippen molar-refractivity contribution in [1.29, 1.82) is 0 Å². The molecule has 1 amide bonds. The second-order valence-corrected chi connectivity index (χ2v) is 4.40. The number of hydrogen-bond acceptors (Lipinski definition) is 3. The maximum absolute atomic E-state index is 11.2. The van der Waals surface area contributed by atoms with Gasteiger partial charge in [-0.25, -0.2) is 4.98 Å². The number of carbonyl (C=O) groups excluding carboxylic acids is 2. The van der Waals surface area contributed by atoms with Gasteiger partial charge in [0.25, 0.3) is 5.24 Å². The lowest BCUT2D eigenvalue weighted by atomic mass is 10.1. The Morgan fingerprint density at radius 1 is 1.33 bits per heavy atom. The Morgan fingerprint density at radius 2 is 2.06 bits per heavy atom. The summed E-state index contributed by atoms with van der Waals surface area (Å²) in [4.78, 5) is 26.4. The normalized spacial score (nSPS) is 10.4. The molecule has 0 radical (unpaired) electrons. The molecule has 2 rings (SSSR count). The first kappa shape index (κ1) is 12.8. The Labute approximate surface area is 113 Å². The molecule has 2 aromatic rings. The Bertz CT molecular complexity index is 656. The van der Waals surface area contributed by atoms with Crippen molar-refractivity contribution in [3.63, 3.8) is 0 Å². The van der Waals surface area contributed by atoms with Gasteiger partial charge in [0.1, 0.15) is 5.69 Å². The van der Waals surface area contributed by atoms with Crippen LogP contribution in [0.5, 0.6) is 0 Å². The van der Waals surface area contributed by atoms with Gasteiger partial charge < -0.3 is 5.32 Å². The predicted molar refractivity (Wildman–Crippen MR) is 71.2 cm³/mol. The highest BCUT2D eigenvalue weighted by Gasteiger charge is 2.12. The van der Waals surface area contributed by atoms with Crippen LogP contribution in [0.2, 0.25) is 5.02 Å². The predicted octanol–water partition coefficient (Wildman–Crippen LogP) is 3.23. The van der Waals surface area contributed by atoms with Crippen molar-refractivity contribution in [3.8, 4) is 0 Å². The number of anilines is 1. The fraction of sp³-hybridized carbons (Fsp3) is 0.0833. The SMILES string of the molecule is CC(=O)Nc1cc(C(=O)Cl)nc2c(Cl)cccc12. The monoisotopic (exact) mass is 282 g/mol. The molecule has 4 nitrogen and oxygen atoms in total. The number of aromatic nitrogens is 1. The van der Waals surface area contributed by atoms with E-state index in [1.165, 1.54) is 13.0 Å². The second kappa shape index (κ2) is 4.92. The van der Waals surface area contributed by atoms with Crippen LogP contribution in [0, 0.1) is 0 Å². The summed E-state index contributed by atoms with van der Waals surface area (Å²) in [6, 6.07) is 6.56. The quantitative estimate of drug-likeness (QED) is 0.861. The highest BCUT2D eigenvalue weighted by Crippen LogP contribution is 2.28. The molecular weight excluding hydrogens is 275 g/mol. The summed E-state index contributed by atoms with van der Waals surface area (Å²) in [5.41, 5.74) is 0.925. The minimum absolute atomic E-state index is 0.0426. The van der Waals surface area contributed by atoms with E-state index in [1.54, 1.807) is 18.2 Å². The van der Waals surface area contributed by atoms with Gasteiger partial charge in [0.05, 0.1) is 16.2 Å². The van der Waals surface area contributed by atoms with Crippen LogP contribution in [0.1, 0.15) is 17.4 Å². The van der Waals surface area contributed by atoms with Crippen LogP contribution >= 0.6 is 23.2 Å². The van der Waals surface area contributed by atoms with Gasteiger partial charge in [-0.1, -0.05) is 23.7 Å². The molecular formula is C12H8Cl2N2O2. The number of pyridine rings is 1. The smallest absolute Gasteiger partial charge is 0.270 e. The van der Waals surface area contributed by atoms with Crippen molar-refractivity contribution in [2.75, 3.05) is 5.32 Å². The molecule has 6 heteroatoms. The van der Waals surface area contributed by atoms with Crippen molar-refractivity contribution in [2.45, 2.75) is 6.92 Å². The Balaban J connectivity index is 2.76. The number of rotatable bonds is 2. The van der Waals surface area contributed by atoms with Gasteiger partial charge in [-0.2, -0.15) is 0 Å². The number of nitrogens with zero attached hydrogens (tertiary/aromatic N) is 1. The molecule has 0 saturated heterocycles. The number of halogens is 2. The highest BCUT2D eigenvalue weighted by molar-refractivity contribution is 6.67. The minimum atomic E-state index is -0.705. The molecule has 1 aromatic heterocycles. The maximum Gasteiger partial charge on any atom is 0.270 e. The van der Waals surface area contributed by atoms with Crippen LogP contribution in [0.15, 0.2) is 24.3 Å². The third-order valence-electron chi connectivity index (χ3n) is 2.30. The zero-order valence-electron chi connectivity index (χ0n) is 9.33. The summed E-state index contributed by atoms with van der Waals surface area (Å²) in [7, 11) is 0. The van der Waals surface area contributed by atoms with Gasteiger partial charge in [-0.15, -0.1) is 0 Å². The lowest BCUT2D eigenvalue weighted by Crippen LogP contribution is -2.08. The molecule has 1 heterocycles. The van der Waals surface area contributed by atoms with Crippen LogP contribution in [0.25, 0.3) is 10.9 Å². The van der Waals surface area contributed by atoms with E-state index in [0.29, 0.717) is 21.6 Å². The highest BCUT2D eigenvalue weighted by atomic mass is 35.5. The molecule has 1 aromatic carbocycles. The fourth-order valence-corrected chi connectivity index (χ4v) is 1.92. The van der Waals surface area contributed by atoms with Crippen molar-refractivity contribution in [3.05, 3.63) is 35.0 Å². The molecule has 0 aliphatic rings. The van der Waals surface area contributed by atoms with Crippen molar-refractivity contribution in [1.82, 2.24) is 4.98 Å². The summed E-state index contributed by atoms with van der Waals surface area (Å²) in [5.74, 6) is -0.254. The number of fused-ring (bicyclic) bond motifs is 1. The van der Waals surface area contributed by atoms with Crippen LogP contribution < -0.4 is 5.32 Å². The fourth-order valence-electron chi connectivity index (χ4n) is 1.61. The Morgan fingerprint density at radius 3 is 2.67 bits per heavy atom. The van der Waals surface area contributed by atoms with Gasteiger partial charge in [-0.05, 0) is 23.7 Å². The molecule has 0 saturated carbocycles. The molecule has 0 fully saturated rings. The minimum Gasteiger partial charge on any atom is -0.326 e. The van der Waals surface area contributed by atoms with E-state index < -0.39 is 5.24 Å². The van der Waals surface area contributed by atoms with E-state index in [1.807, 2.05) is 0 Å². The van der Waals surface area contributed by atoms with E-state index in [2.05, 4.69) is 10.3 Å². The number of amides is 1. The Kier molecular flexibility index (Phi) is 3.50. The van der Waals surface area contributed by atoms with Crippen LogP contribution in [0.3, 0.4) is 0 Å². The number of para-hydroxylation sites is 1. The second-order valence-electron chi connectivity index (χ2n) is 3.65. The standard InChI is InChI=1S/C12H8Cl2N2O2/c1-6(17)15-9-5-10(12(14)18)16-11-7(9)3-2-4-8(11)13/h2-5H,1H3,(H,15,16,17). The van der Waals surface area contributed by atoms with Crippen molar-refractivity contribution >= 4 is 50.9 Å². The Hall–Kier alpha value is -1.65.